The molecule has 1 fully saturated rings. The molecule has 1 heterocycles. The molecule has 3 amide bonds. The molecular formula is C10H10N2O5. The van der Waals surface area contributed by atoms with Crippen LogP contribution in [0, 0.1) is 0 Å². The highest BCUT2D eigenvalue weighted by Crippen LogP contribution is 2.35. The molecule has 1 aliphatic heterocycles. The fraction of sp³-hybridized carbons (Fsp3) is 0.200. The first-order chi connectivity index (χ1) is 7.97. The second kappa shape index (κ2) is 3.85. The molecule has 1 unspecified atom stereocenters. The molecule has 7 nitrogen and oxygen atoms in total. The normalized spacial score (nSPS) is 18.9. The lowest BCUT2D eigenvalue weighted by atomic mass is 10.0. The van der Waals surface area contributed by atoms with E-state index in [4.69, 9.17) is 5.11 Å². The van der Waals surface area contributed by atoms with Gasteiger partial charge in [-0.2, -0.15) is 0 Å². The minimum atomic E-state index is -0.745. The van der Waals surface area contributed by atoms with E-state index in [9.17, 15) is 19.8 Å². The Balaban J connectivity index is 2.19. The van der Waals surface area contributed by atoms with Crippen LogP contribution in [-0.2, 0) is 11.2 Å². The van der Waals surface area contributed by atoms with Crippen molar-refractivity contribution in [3.05, 3.63) is 17.7 Å². The van der Waals surface area contributed by atoms with Crippen molar-refractivity contribution in [3.8, 4) is 17.2 Å². The largest absolute Gasteiger partial charge is 0.504 e. The van der Waals surface area contributed by atoms with Crippen molar-refractivity contribution in [3.63, 3.8) is 0 Å². The zero-order valence-corrected chi connectivity index (χ0v) is 8.60. The van der Waals surface area contributed by atoms with Gasteiger partial charge in [-0.1, -0.05) is 0 Å². The van der Waals surface area contributed by atoms with Crippen LogP contribution in [0.25, 0.3) is 0 Å². The van der Waals surface area contributed by atoms with Gasteiger partial charge in [-0.25, -0.2) is 4.79 Å². The van der Waals surface area contributed by atoms with Gasteiger partial charge in [0.2, 0.25) is 0 Å². The number of carbonyl (C=O) groups excluding carboxylic acids is 2. The van der Waals surface area contributed by atoms with Gasteiger partial charge in [-0.05, 0) is 17.7 Å². The van der Waals surface area contributed by atoms with Crippen LogP contribution in [0.5, 0.6) is 17.2 Å². The number of hydrogen-bond acceptors (Lipinski definition) is 5. The molecule has 1 aliphatic rings. The quantitative estimate of drug-likeness (QED) is 0.353. The maximum atomic E-state index is 11.3. The lowest BCUT2D eigenvalue weighted by Crippen LogP contribution is -2.31. The number of hydrogen-bond donors (Lipinski definition) is 5. The van der Waals surface area contributed by atoms with Crippen molar-refractivity contribution in [1.82, 2.24) is 10.6 Å². The predicted molar refractivity (Wildman–Crippen MR) is 55.6 cm³/mol. The molecule has 0 bridgehead atoms. The Morgan fingerprint density at radius 3 is 2.18 bits per heavy atom. The number of benzene rings is 1. The molecule has 7 heteroatoms. The molecule has 0 aliphatic carbocycles. The molecule has 2 rings (SSSR count). The summed E-state index contributed by atoms with van der Waals surface area (Å²) in [6, 6.07) is 1.11. The van der Waals surface area contributed by atoms with Crippen LogP contribution in [0.3, 0.4) is 0 Å². The second-order valence-electron chi connectivity index (χ2n) is 3.70. The van der Waals surface area contributed by atoms with Crippen molar-refractivity contribution in [2.24, 2.45) is 0 Å². The molecule has 0 spiro atoms. The molecule has 0 aromatic heterocycles. The van der Waals surface area contributed by atoms with E-state index in [-0.39, 0.29) is 6.42 Å². The summed E-state index contributed by atoms with van der Waals surface area (Å²) in [5.74, 6) is -2.05. The molecule has 1 aromatic carbocycles. The van der Waals surface area contributed by atoms with Gasteiger partial charge in [0.1, 0.15) is 6.04 Å². The molecule has 17 heavy (non-hydrogen) atoms. The standard InChI is InChI=1S/C10H10N2O5/c13-6-2-4(3-7(14)8(6)15)1-5-9(16)12-10(17)11-5/h2-3,5,13-15H,1H2,(H2,11,12,16,17). The van der Waals surface area contributed by atoms with Crippen LogP contribution in [0.4, 0.5) is 4.79 Å². The van der Waals surface area contributed by atoms with E-state index in [1.807, 2.05) is 0 Å². The maximum absolute atomic E-state index is 11.3. The van der Waals surface area contributed by atoms with Gasteiger partial charge in [0.05, 0.1) is 0 Å². The van der Waals surface area contributed by atoms with Gasteiger partial charge in [0, 0.05) is 6.42 Å². The van der Waals surface area contributed by atoms with Crippen LogP contribution in [0.2, 0.25) is 0 Å². The molecule has 90 valence electrons. The van der Waals surface area contributed by atoms with Crippen molar-refractivity contribution < 1.29 is 24.9 Å². The first kappa shape index (κ1) is 11.1. The van der Waals surface area contributed by atoms with Crippen LogP contribution in [0.1, 0.15) is 5.56 Å². The third-order valence-corrected chi connectivity index (χ3v) is 2.43. The highest BCUT2D eigenvalue weighted by atomic mass is 16.3. The SMILES string of the molecule is O=C1NC(=O)C(Cc2cc(O)c(O)c(O)c2)N1. The highest BCUT2D eigenvalue weighted by molar-refractivity contribution is 6.04. The van der Waals surface area contributed by atoms with Gasteiger partial charge in [0.15, 0.2) is 17.2 Å². The van der Waals surface area contributed by atoms with E-state index >= 15 is 0 Å². The summed E-state index contributed by atoms with van der Waals surface area (Å²) in [5.41, 5.74) is 0.417. The zero-order valence-electron chi connectivity index (χ0n) is 8.60. The fourth-order valence-electron chi connectivity index (χ4n) is 1.62. The molecular weight excluding hydrogens is 228 g/mol. The summed E-state index contributed by atoms with van der Waals surface area (Å²) in [4.78, 5) is 22.1. The Labute approximate surface area is 95.7 Å². The molecule has 5 N–H and O–H groups in total. The van der Waals surface area contributed by atoms with Crippen molar-refractivity contribution in [2.75, 3.05) is 0 Å². The van der Waals surface area contributed by atoms with E-state index in [2.05, 4.69) is 10.6 Å². The lowest BCUT2D eigenvalue weighted by Gasteiger charge is -2.09. The number of phenols is 3. The Morgan fingerprint density at radius 1 is 1.12 bits per heavy atom. The first-order valence-electron chi connectivity index (χ1n) is 4.82. The topological polar surface area (TPSA) is 119 Å². The number of rotatable bonds is 2. The number of carbonyl (C=O) groups is 2. The molecule has 0 saturated carbocycles. The number of imide groups is 1. The highest BCUT2D eigenvalue weighted by Gasteiger charge is 2.29. The van der Waals surface area contributed by atoms with Crippen molar-refractivity contribution >= 4 is 11.9 Å². The Kier molecular flexibility index (Phi) is 2.51. The summed E-state index contributed by atoms with van der Waals surface area (Å²) in [6.45, 7) is 0. The molecule has 1 atom stereocenters. The maximum Gasteiger partial charge on any atom is 0.322 e. The lowest BCUT2D eigenvalue weighted by molar-refractivity contribution is -0.120. The summed E-state index contributed by atoms with van der Waals surface area (Å²) in [6.07, 6.45) is 0.110. The number of urea groups is 1. The summed E-state index contributed by atoms with van der Waals surface area (Å²) in [7, 11) is 0. The van der Waals surface area contributed by atoms with E-state index in [0.29, 0.717) is 5.56 Å². The van der Waals surface area contributed by atoms with E-state index in [1.54, 1.807) is 0 Å². The Hall–Kier alpha value is -2.44. The second-order valence-corrected chi connectivity index (χ2v) is 3.70. The average molecular weight is 238 g/mol. The van der Waals surface area contributed by atoms with Crippen LogP contribution in [0.15, 0.2) is 12.1 Å². The molecule has 1 saturated heterocycles. The van der Waals surface area contributed by atoms with Gasteiger partial charge in [0.25, 0.3) is 5.91 Å². The third kappa shape index (κ3) is 2.07. The van der Waals surface area contributed by atoms with Crippen molar-refractivity contribution in [1.29, 1.82) is 0 Å². The number of amides is 3. The van der Waals surface area contributed by atoms with E-state index in [0.717, 1.165) is 0 Å². The Morgan fingerprint density at radius 2 is 1.71 bits per heavy atom. The average Bonchev–Trinajstić information content (AvgIpc) is 2.54. The molecule has 0 radical (unpaired) electrons. The zero-order chi connectivity index (χ0) is 12.6. The van der Waals surface area contributed by atoms with Gasteiger partial charge < -0.3 is 20.6 Å². The monoisotopic (exact) mass is 238 g/mol. The Bertz CT molecular complexity index is 476. The predicted octanol–water partition coefficient (Wildman–Crippen LogP) is -0.446. The minimum absolute atomic E-state index is 0.110. The van der Waals surface area contributed by atoms with Gasteiger partial charge >= 0.3 is 6.03 Å². The summed E-state index contributed by atoms with van der Waals surface area (Å²) in [5, 5.41) is 32.1. The number of aromatic hydroxyl groups is 3. The van der Waals surface area contributed by atoms with Crippen LogP contribution in [-0.4, -0.2) is 33.3 Å². The fourth-order valence-corrected chi connectivity index (χ4v) is 1.62. The van der Waals surface area contributed by atoms with Crippen LogP contribution < -0.4 is 10.6 Å². The summed E-state index contributed by atoms with van der Waals surface area (Å²) >= 11 is 0. The van der Waals surface area contributed by atoms with Crippen molar-refractivity contribution in [2.45, 2.75) is 12.5 Å². The number of nitrogens with one attached hydrogen (secondary N) is 2. The van der Waals surface area contributed by atoms with Crippen LogP contribution >= 0.6 is 0 Å². The van der Waals surface area contributed by atoms with Gasteiger partial charge in [-0.15, -0.1) is 0 Å². The smallest absolute Gasteiger partial charge is 0.322 e. The van der Waals surface area contributed by atoms with Gasteiger partial charge in [-0.3, -0.25) is 10.1 Å². The van der Waals surface area contributed by atoms with E-state index < -0.39 is 35.2 Å². The number of phenolic OH excluding ortho intramolecular Hbond substituents is 3. The minimum Gasteiger partial charge on any atom is -0.504 e. The molecule has 1 aromatic rings. The summed E-state index contributed by atoms with van der Waals surface area (Å²) < 4.78 is 0. The first-order valence-corrected chi connectivity index (χ1v) is 4.82. The third-order valence-electron chi connectivity index (χ3n) is 2.43. The van der Waals surface area contributed by atoms with E-state index in [1.165, 1.54) is 12.1 Å².